The lowest BCUT2D eigenvalue weighted by Gasteiger charge is -2.30. The molecule has 24 heavy (non-hydrogen) atoms. The van der Waals surface area contributed by atoms with Gasteiger partial charge < -0.3 is 4.90 Å². The van der Waals surface area contributed by atoms with Gasteiger partial charge in [-0.2, -0.15) is 0 Å². The van der Waals surface area contributed by atoms with Gasteiger partial charge in [-0.25, -0.2) is 8.42 Å². The normalized spacial score (nSPS) is 16.9. The predicted molar refractivity (Wildman–Crippen MR) is 98.6 cm³/mol. The second-order valence-corrected chi connectivity index (χ2v) is 9.20. The first-order valence-corrected chi connectivity index (χ1v) is 10.3. The standard InChI is InChI=1S/C19H27NO3S/c1-4-24(22,23)18-11-13-20(14-12-18)19(21)10-7-16-5-8-17(9-6-16)15(2)3/h5-10,15,18H,4,11-14H2,1-3H3/b10-7+. The lowest BCUT2D eigenvalue weighted by molar-refractivity contribution is -0.126. The van der Waals surface area contributed by atoms with E-state index in [4.69, 9.17) is 0 Å². The Hall–Kier alpha value is -1.62. The van der Waals surface area contributed by atoms with Gasteiger partial charge >= 0.3 is 0 Å². The van der Waals surface area contributed by atoms with Crippen LogP contribution in [0, 0.1) is 0 Å². The van der Waals surface area contributed by atoms with Crippen molar-refractivity contribution in [2.75, 3.05) is 18.8 Å². The molecule has 1 aromatic carbocycles. The number of rotatable bonds is 5. The molecule has 1 fully saturated rings. The molecule has 1 heterocycles. The van der Waals surface area contributed by atoms with Crippen LogP contribution in [0.2, 0.25) is 0 Å². The van der Waals surface area contributed by atoms with E-state index in [-0.39, 0.29) is 16.9 Å². The maximum absolute atomic E-state index is 12.3. The summed E-state index contributed by atoms with van der Waals surface area (Å²) in [5.74, 6) is 0.623. The number of carbonyl (C=O) groups excluding carboxylic acids is 1. The Kier molecular flexibility index (Phi) is 6.21. The molecule has 1 aromatic rings. The van der Waals surface area contributed by atoms with E-state index in [1.54, 1.807) is 17.9 Å². The molecule has 2 rings (SSSR count). The van der Waals surface area contributed by atoms with E-state index in [0.717, 1.165) is 5.56 Å². The Morgan fingerprint density at radius 3 is 2.29 bits per heavy atom. The molecule has 5 heteroatoms. The van der Waals surface area contributed by atoms with Crippen LogP contribution in [0.15, 0.2) is 30.3 Å². The number of hydrogen-bond acceptors (Lipinski definition) is 3. The molecule has 0 aliphatic carbocycles. The minimum absolute atomic E-state index is 0.0460. The topological polar surface area (TPSA) is 54.5 Å². The monoisotopic (exact) mass is 349 g/mol. The van der Waals surface area contributed by atoms with Crippen molar-refractivity contribution in [2.45, 2.75) is 44.8 Å². The van der Waals surface area contributed by atoms with Gasteiger partial charge in [0.05, 0.1) is 5.25 Å². The van der Waals surface area contributed by atoms with Gasteiger partial charge in [0.2, 0.25) is 5.91 Å². The fourth-order valence-corrected chi connectivity index (χ4v) is 4.34. The lowest BCUT2D eigenvalue weighted by Crippen LogP contribution is -2.42. The van der Waals surface area contributed by atoms with Crippen molar-refractivity contribution in [1.82, 2.24) is 4.90 Å². The number of nitrogens with zero attached hydrogens (tertiary/aromatic N) is 1. The molecule has 1 saturated heterocycles. The molecule has 0 aromatic heterocycles. The quantitative estimate of drug-likeness (QED) is 0.767. The predicted octanol–water partition coefficient (Wildman–Crippen LogP) is 3.25. The molecule has 0 saturated carbocycles. The fourth-order valence-electron chi connectivity index (χ4n) is 2.94. The van der Waals surface area contributed by atoms with Crippen LogP contribution in [-0.4, -0.2) is 43.3 Å². The number of sulfone groups is 1. The van der Waals surface area contributed by atoms with Gasteiger partial charge in [0.1, 0.15) is 0 Å². The van der Waals surface area contributed by atoms with Crippen LogP contribution in [0.3, 0.4) is 0 Å². The number of piperidine rings is 1. The van der Waals surface area contributed by atoms with Crippen LogP contribution >= 0.6 is 0 Å². The van der Waals surface area contributed by atoms with Crippen molar-refractivity contribution < 1.29 is 13.2 Å². The first kappa shape index (κ1) is 18.7. The van der Waals surface area contributed by atoms with Crippen LogP contribution < -0.4 is 0 Å². The molecule has 0 atom stereocenters. The van der Waals surface area contributed by atoms with Gasteiger partial charge in [0, 0.05) is 24.9 Å². The first-order chi connectivity index (χ1) is 11.3. The number of likely N-dealkylation sites (tertiary alicyclic amines) is 1. The molecular weight excluding hydrogens is 322 g/mol. The first-order valence-electron chi connectivity index (χ1n) is 8.62. The highest BCUT2D eigenvalue weighted by molar-refractivity contribution is 7.92. The summed E-state index contributed by atoms with van der Waals surface area (Å²) in [6.45, 7) is 7.01. The largest absolute Gasteiger partial charge is 0.339 e. The van der Waals surface area contributed by atoms with Gasteiger partial charge in [0.15, 0.2) is 9.84 Å². The Morgan fingerprint density at radius 1 is 1.21 bits per heavy atom. The highest BCUT2D eigenvalue weighted by Crippen LogP contribution is 2.19. The lowest BCUT2D eigenvalue weighted by atomic mass is 10.0. The van der Waals surface area contributed by atoms with Crippen LogP contribution in [0.4, 0.5) is 0 Å². The highest BCUT2D eigenvalue weighted by Gasteiger charge is 2.29. The van der Waals surface area contributed by atoms with Gasteiger partial charge in [-0.1, -0.05) is 45.0 Å². The third-order valence-corrected chi connectivity index (χ3v) is 6.98. The molecule has 1 aliphatic heterocycles. The van der Waals surface area contributed by atoms with Crippen molar-refractivity contribution in [3.05, 3.63) is 41.5 Å². The zero-order valence-electron chi connectivity index (χ0n) is 14.7. The summed E-state index contributed by atoms with van der Waals surface area (Å²) in [7, 11) is -2.99. The minimum atomic E-state index is -2.99. The third-order valence-electron chi connectivity index (χ3n) is 4.69. The second-order valence-electron chi connectivity index (χ2n) is 6.63. The Bertz CT molecular complexity index is 682. The summed E-state index contributed by atoms with van der Waals surface area (Å²) in [6, 6.07) is 8.18. The van der Waals surface area contributed by atoms with Crippen LogP contribution in [0.25, 0.3) is 6.08 Å². The van der Waals surface area contributed by atoms with E-state index in [0.29, 0.717) is 31.8 Å². The zero-order chi connectivity index (χ0) is 17.7. The molecule has 1 aliphatic rings. The maximum Gasteiger partial charge on any atom is 0.246 e. The number of benzene rings is 1. The molecule has 4 nitrogen and oxygen atoms in total. The smallest absolute Gasteiger partial charge is 0.246 e. The molecule has 0 unspecified atom stereocenters. The van der Waals surface area contributed by atoms with E-state index >= 15 is 0 Å². The second kappa shape index (κ2) is 7.97. The molecular formula is C19H27NO3S. The van der Waals surface area contributed by atoms with Gasteiger partial charge in [-0.15, -0.1) is 0 Å². The molecule has 0 bridgehead atoms. The van der Waals surface area contributed by atoms with Gasteiger partial charge in [0.25, 0.3) is 0 Å². The zero-order valence-corrected chi connectivity index (χ0v) is 15.6. The van der Waals surface area contributed by atoms with E-state index in [9.17, 15) is 13.2 Å². The van der Waals surface area contributed by atoms with Crippen molar-refractivity contribution in [3.63, 3.8) is 0 Å². The third kappa shape index (κ3) is 4.69. The van der Waals surface area contributed by atoms with E-state index < -0.39 is 9.84 Å². The minimum Gasteiger partial charge on any atom is -0.339 e. The number of carbonyl (C=O) groups is 1. The Morgan fingerprint density at radius 2 is 1.79 bits per heavy atom. The Balaban J connectivity index is 1.91. The molecule has 0 radical (unpaired) electrons. The summed E-state index contributed by atoms with van der Waals surface area (Å²) in [6.07, 6.45) is 4.48. The summed E-state index contributed by atoms with van der Waals surface area (Å²) in [4.78, 5) is 14.0. The summed E-state index contributed by atoms with van der Waals surface area (Å²) in [5, 5.41) is -0.292. The number of amides is 1. The maximum atomic E-state index is 12.3. The van der Waals surface area contributed by atoms with Crippen molar-refractivity contribution in [3.8, 4) is 0 Å². The van der Waals surface area contributed by atoms with Crippen molar-refractivity contribution >= 4 is 21.8 Å². The van der Waals surface area contributed by atoms with Crippen LogP contribution in [0.1, 0.15) is 50.7 Å². The SMILES string of the molecule is CCS(=O)(=O)C1CCN(C(=O)/C=C/c2ccc(C(C)C)cc2)CC1. The van der Waals surface area contributed by atoms with Gasteiger partial charge in [-0.3, -0.25) is 4.79 Å². The van der Waals surface area contributed by atoms with Crippen LogP contribution in [-0.2, 0) is 14.6 Å². The fraction of sp³-hybridized carbons (Fsp3) is 0.526. The summed E-state index contributed by atoms with van der Waals surface area (Å²) < 4.78 is 23.8. The average molecular weight is 349 g/mol. The number of hydrogen-bond donors (Lipinski definition) is 0. The summed E-state index contributed by atoms with van der Waals surface area (Å²) >= 11 is 0. The van der Waals surface area contributed by atoms with E-state index in [1.807, 2.05) is 18.2 Å². The van der Waals surface area contributed by atoms with Crippen LogP contribution in [0.5, 0.6) is 0 Å². The van der Waals surface area contributed by atoms with Gasteiger partial charge in [-0.05, 0) is 36.0 Å². The highest BCUT2D eigenvalue weighted by atomic mass is 32.2. The molecule has 0 N–H and O–H groups in total. The summed E-state index contributed by atoms with van der Waals surface area (Å²) in [5.41, 5.74) is 2.27. The van der Waals surface area contributed by atoms with E-state index in [2.05, 4.69) is 26.0 Å². The average Bonchev–Trinajstić information content (AvgIpc) is 2.60. The molecule has 0 spiro atoms. The van der Waals surface area contributed by atoms with E-state index in [1.165, 1.54) is 5.56 Å². The van der Waals surface area contributed by atoms with Crippen molar-refractivity contribution in [1.29, 1.82) is 0 Å². The molecule has 132 valence electrons. The molecule has 1 amide bonds. The Labute approximate surface area is 145 Å². The van der Waals surface area contributed by atoms with Crippen molar-refractivity contribution in [2.24, 2.45) is 0 Å².